The molecule has 2 unspecified atom stereocenters. The second-order valence-corrected chi connectivity index (χ2v) is 7.35. The van der Waals surface area contributed by atoms with E-state index < -0.39 is 11.9 Å². The quantitative estimate of drug-likeness (QED) is 0.498. The first-order chi connectivity index (χ1) is 14.5. The van der Waals surface area contributed by atoms with Gasteiger partial charge in [-0.3, -0.25) is 9.59 Å². The topological polar surface area (TPSA) is 91.4 Å². The largest absolute Gasteiger partial charge is 0.482 e. The van der Waals surface area contributed by atoms with Crippen LogP contribution in [0.2, 0.25) is 0 Å². The highest BCUT2D eigenvalue weighted by Crippen LogP contribution is 2.21. The molecule has 0 radical (unpaired) electrons. The highest BCUT2D eigenvalue weighted by Gasteiger charge is 2.21. The van der Waals surface area contributed by atoms with Crippen molar-refractivity contribution in [2.24, 2.45) is 5.92 Å². The predicted molar refractivity (Wildman–Crippen MR) is 116 cm³/mol. The van der Waals surface area contributed by atoms with Gasteiger partial charge in [0.05, 0.1) is 13.0 Å². The van der Waals surface area contributed by atoms with Crippen LogP contribution in [0.15, 0.2) is 66.7 Å². The summed E-state index contributed by atoms with van der Waals surface area (Å²) in [4.78, 5) is 26.9. The van der Waals surface area contributed by atoms with Crippen LogP contribution in [0.5, 0.6) is 5.88 Å². The van der Waals surface area contributed by atoms with Gasteiger partial charge in [0.25, 0.3) is 5.91 Å². The number of carbonyl (C=O) groups excluding carboxylic acids is 1. The number of methoxy groups -OCH3 is 1. The van der Waals surface area contributed by atoms with Crippen LogP contribution in [-0.2, 0) is 11.2 Å². The van der Waals surface area contributed by atoms with E-state index in [0.717, 1.165) is 16.7 Å². The maximum Gasteiger partial charge on any atom is 0.306 e. The van der Waals surface area contributed by atoms with Gasteiger partial charge in [0.2, 0.25) is 0 Å². The fourth-order valence-electron chi connectivity index (χ4n) is 3.36. The van der Waals surface area contributed by atoms with Gasteiger partial charge in [0.1, 0.15) is 5.69 Å². The fourth-order valence-corrected chi connectivity index (χ4v) is 3.36. The maximum absolute atomic E-state index is 12.6. The van der Waals surface area contributed by atoms with Crippen molar-refractivity contribution in [3.05, 3.63) is 78.0 Å². The third-order valence-corrected chi connectivity index (χ3v) is 5.06. The molecule has 0 fully saturated rings. The van der Waals surface area contributed by atoms with Crippen molar-refractivity contribution < 1.29 is 19.4 Å². The Morgan fingerprint density at radius 2 is 1.67 bits per heavy atom. The Labute approximate surface area is 175 Å². The van der Waals surface area contributed by atoms with Gasteiger partial charge in [-0.15, -0.1) is 0 Å². The molecule has 2 atom stereocenters. The number of carboxylic acid groups (broad SMARTS) is 1. The number of hydrogen-bond donors (Lipinski definition) is 3. The van der Waals surface area contributed by atoms with Crippen LogP contribution in [0.1, 0.15) is 29.4 Å². The molecule has 30 heavy (non-hydrogen) atoms. The molecule has 0 bridgehead atoms. The van der Waals surface area contributed by atoms with Crippen LogP contribution >= 0.6 is 0 Å². The molecule has 2 aromatic carbocycles. The summed E-state index contributed by atoms with van der Waals surface area (Å²) in [5, 5.41) is 12.3. The lowest BCUT2D eigenvalue weighted by Crippen LogP contribution is -2.38. The van der Waals surface area contributed by atoms with E-state index in [1.165, 1.54) is 7.11 Å². The van der Waals surface area contributed by atoms with E-state index in [4.69, 9.17) is 4.74 Å². The van der Waals surface area contributed by atoms with Gasteiger partial charge in [-0.25, -0.2) is 0 Å². The molecule has 0 spiro atoms. The first-order valence-corrected chi connectivity index (χ1v) is 9.87. The zero-order chi connectivity index (χ0) is 21.5. The van der Waals surface area contributed by atoms with Gasteiger partial charge in [-0.2, -0.15) is 0 Å². The summed E-state index contributed by atoms with van der Waals surface area (Å²) in [5.41, 5.74) is 3.65. The first-order valence-electron chi connectivity index (χ1n) is 9.87. The average molecular weight is 406 g/mol. The normalized spacial score (nSPS) is 12.7. The van der Waals surface area contributed by atoms with Crippen molar-refractivity contribution >= 4 is 11.9 Å². The summed E-state index contributed by atoms with van der Waals surface area (Å²) in [6, 6.07) is 21.2. The minimum Gasteiger partial charge on any atom is -0.482 e. The van der Waals surface area contributed by atoms with Crippen LogP contribution < -0.4 is 10.1 Å². The molecular formula is C24H26N2O4. The van der Waals surface area contributed by atoms with Gasteiger partial charge in [-0.1, -0.05) is 61.5 Å². The minimum absolute atomic E-state index is 0.290. The molecule has 3 rings (SSSR count). The van der Waals surface area contributed by atoms with Crippen molar-refractivity contribution in [2.45, 2.75) is 25.8 Å². The Balaban J connectivity index is 1.73. The second kappa shape index (κ2) is 9.78. The van der Waals surface area contributed by atoms with Crippen molar-refractivity contribution in [3.8, 4) is 17.0 Å². The summed E-state index contributed by atoms with van der Waals surface area (Å²) in [7, 11) is 1.52. The number of hydrogen-bond acceptors (Lipinski definition) is 3. The lowest BCUT2D eigenvalue weighted by molar-refractivity contribution is -0.141. The summed E-state index contributed by atoms with van der Waals surface area (Å²) in [6.45, 7) is 1.65. The number of rotatable bonds is 9. The molecule has 1 heterocycles. The Bertz CT molecular complexity index is 980. The standard InChI is InChI=1S/C24H26N2O4/c1-16(24(28)29)14-20(25-23(27)21-12-13-22(26-21)30-2)15-17-8-10-19(11-9-17)18-6-4-3-5-7-18/h3-13,16,20,26H,14-15H2,1-2H3,(H,25,27)(H,28,29). The zero-order valence-electron chi connectivity index (χ0n) is 17.1. The molecule has 0 saturated carbocycles. The third kappa shape index (κ3) is 5.50. The highest BCUT2D eigenvalue weighted by atomic mass is 16.5. The molecule has 3 aromatic rings. The number of aromatic amines is 1. The lowest BCUT2D eigenvalue weighted by Gasteiger charge is -2.21. The van der Waals surface area contributed by atoms with Crippen molar-refractivity contribution in [2.75, 3.05) is 7.11 Å². The molecule has 6 heteroatoms. The van der Waals surface area contributed by atoms with Gasteiger partial charge in [0.15, 0.2) is 5.88 Å². The molecule has 0 saturated heterocycles. The summed E-state index contributed by atoms with van der Waals surface area (Å²) in [5.74, 6) is -1.25. The monoisotopic (exact) mass is 406 g/mol. The van der Waals surface area contributed by atoms with Gasteiger partial charge < -0.3 is 20.1 Å². The molecule has 156 valence electrons. The summed E-state index contributed by atoms with van der Waals surface area (Å²) < 4.78 is 5.08. The Morgan fingerprint density at radius 3 is 2.27 bits per heavy atom. The number of carbonyl (C=O) groups is 2. The number of carboxylic acids is 1. The molecule has 0 aliphatic heterocycles. The SMILES string of the molecule is COc1ccc(C(=O)NC(Cc2ccc(-c3ccccc3)cc2)CC(C)C(=O)O)[nH]1. The lowest BCUT2D eigenvalue weighted by atomic mass is 9.95. The third-order valence-electron chi connectivity index (χ3n) is 5.06. The number of aliphatic carboxylic acids is 1. The Kier molecular flexibility index (Phi) is 6.91. The van der Waals surface area contributed by atoms with Crippen molar-refractivity contribution in [1.29, 1.82) is 0 Å². The van der Waals surface area contributed by atoms with Crippen LogP contribution in [0.4, 0.5) is 0 Å². The highest BCUT2D eigenvalue weighted by molar-refractivity contribution is 5.93. The Hall–Kier alpha value is -3.54. The summed E-state index contributed by atoms with van der Waals surface area (Å²) in [6.07, 6.45) is 0.871. The number of benzene rings is 2. The fraction of sp³-hybridized carbons (Fsp3) is 0.250. The maximum atomic E-state index is 12.6. The number of ether oxygens (including phenoxy) is 1. The molecule has 0 aliphatic carbocycles. The smallest absolute Gasteiger partial charge is 0.306 e. The van der Waals surface area contributed by atoms with Crippen LogP contribution in [0, 0.1) is 5.92 Å². The Morgan fingerprint density at radius 1 is 1.00 bits per heavy atom. The molecule has 3 N–H and O–H groups in total. The van der Waals surface area contributed by atoms with Crippen molar-refractivity contribution in [3.63, 3.8) is 0 Å². The number of amides is 1. The van der Waals surface area contributed by atoms with Crippen LogP contribution in [0.3, 0.4) is 0 Å². The number of nitrogens with one attached hydrogen (secondary N) is 2. The summed E-state index contributed by atoms with van der Waals surface area (Å²) >= 11 is 0. The van der Waals surface area contributed by atoms with Gasteiger partial charge in [0, 0.05) is 12.1 Å². The number of H-pyrrole nitrogens is 1. The van der Waals surface area contributed by atoms with Gasteiger partial charge in [-0.05, 0) is 35.6 Å². The first kappa shape index (κ1) is 21.2. The average Bonchev–Trinajstić information content (AvgIpc) is 3.24. The van der Waals surface area contributed by atoms with E-state index in [1.54, 1.807) is 19.1 Å². The van der Waals surface area contributed by atoms with Crippen molar-refractivity contribution in [1.82, 2.24) is 10.3 Å². The minimum atomic E-state index is -0.879. The van der Waals surface area contributed by atoms with E-state index in [-0.39, 0.29) is 11.9 Å². The zero-order valence-corrected chi connectivity index (χ0v) is 17.1. The molecule has 0 aliphatic rings. The van der Waals surface area contributed by atoms with E-state index in [0.29, 0.717) is 24.4 Å². The van der Waals surface area contributed by atoms with Crippen LogP contribution in [-0.4, -0.2) is 35.1 Å². The molecule has 1 amide bonds. The van der Waals surface area contributed by atoms with Crippen LogP contribution in [0.25, 0.3) is 11.1 Å². The molecule has 1 aromatic heterocycles. The van der Waals surface area contributed by atoms with E-state index in [1.807, 2.05) is 42.5 Å². The van der Waals surface area contributed by atoms with E-state index in [2.05, 4.69) is 22.4 Å². The molecular weight excluding hydrogens is 380 g/mol. The second-order valence-electron chi connectivity index (χ2n) is 7.35. The number of aromatic nitrogens is 1. The van der Waals surface area contributed by atoms with E-state index >= 15 is 0 Å². The predicted octanol–water partition coefficient (Wildman–Crippen LogP) is 4.14. The van der Waals surface area contributed by atoms with Gasteiger partial charge >= 0.3 is 5.97 Å². The molecule has 6 nitrogen and oxygen atoms in total. The van der Waals surface area contributed by atoms with E-state index in [9.17, 15) is 14.7 Å².